The molecule has 1 aliphatic rings. The van der Waals surface area contributed by atoms with Gasteiger partial charge in [0.1, 0.15) is 0 Å². The van der Waals surface area contributed by atoms with Crippen molar-refractivity contribution in [2.75, 3.05) is 26.4 Å². The Morgan fingerprint density at radius 3 is 2.51 bits per heavy atom. The lowest BCUT2D eigenvalue weighted by Crippen LogP contribution is -2.29. The lowest BCUT2D eigenvalue weighted by Gasteiger charge is -2.25. The van der Waals surface area contributed by atoms with Crippen molar-refractivity contribution in [3.8, 4) is 0 Å². The van der Waals surface area contributed by atoms with Gasteiger partial charge in [0, 0.05) is 31.7 Å². The molecule has 2 aromatic rings. The van der Waals surface area contributed by atoms with E-state index in [9.17, 15) is 22.8 Å². The first-order valence-corrected chi connectivity index (χ1v) is 11.8. The molecule has 1 N–H and O–H groups in total. The van der Waals surface area contributed by atoms with Gasteiger partial charge in [0.25, 0.3) is 5.91 Å². The van der Waals surface area contributed by atoms with E-state index in [1.807, 2.05) is 25.5 Å². The van der Waals surface area contributed by atoms with Crippen LogP contribution in [0.1, 0.15) is 71.3 Å². The number of rotatable bonds is 6. The average molecular weight is 496 g/mol. The van der Waals surface area contributed by atoms with E-state index in [4.69, 9.17) is 14.6 Å². The Labute approximate surface area is 203 Å². The van der Waals surface area contributed by atoms with E-state index in [2.05, 4.69) is 5.32 Å². The van der Waals surface area contributed by atoms with Gasteiger partial charge in [0.05, 0.1) is 34.7 Å². The number of carbonyl (C=O) groups is 2. The highest BCUT2D eigenvalue weighted by atomic mass is 19.4. The molecule has 0 saturated carbocycles. The number of fused-ring (bicyclic) bond motifs is 1. The van der Waals surface area contributed by atoms with Gasteiger partial charge in [-0.1, -0.05) is 20.8 Å². The van der Waals surface area contributed by atoms with Crippen molar-refractivity contribution in [2.24, 2.45) is 5.41 Å². The maximum absolute atomic E-state index is 12.9. The SMILES string of the molecule is CCc1nn(CC(C)(C)COC(=O)c2ccc(C(F)(F)F)cc2)c2c1C(=O)NCCCOCCC2. The number of alkyl halides is 3. The highest BCUT2D eigenvalue weighted by Crippen LogP contribution is 2.29. The summed E-state index contributed by atoms with van der Waals surface area (Å²) in [5.41, 5.74) is 0.819. The lowest BCUT2D eigenvalue weighted by molar-refractivity contribution is -0.137. The maximum atomic E-state index is 12.9. The summed E-state index contributed by atoms with van der Waals surface area (Å²) < 4.78 is 51.1. The number of carbonyl (C=O) groups excluding carboxylic acids is 2. The normalized spacial score (nSPS) is 15.7. The van der Waals surface area contributed by atoms with Crippen LogP contribution >= 0.6 is 0 Å². The minimum absolute atomic E-state index is 0.0260. The molecule has 0 bridgehead atoms. The van der Waals surface area contributed by atoms with Crippen molar-refractivity contribution in [3.05, 3.63) is 52.3 Å². The third-order valence-electron chi connectivity index (χ3n) is 5.77. The van der Waals surface area contributed by atoms with Crippen molar-refractivity contribution in [3.63, 3.8) is 0 Å². The number of halogens is 3. The number of hydrogen-bond acceptors (Lipinski definition) is 5. The number of benzene rings is 1. The van der Waals surface area contributed by atoms with Gasteiger partial charge in [-0.3, -0.25) is 9.48 Å². The van der Waals surface area contributed by atoms with Gasteiger partial charge in [-0.15, -0.1) is 0 Å². The molecule has 1 aliphatic heterocycles. The first kappa shape index (κ1) is 26.7. The molecule has 2 heterocycles. The van der Waals surface area contributed by atoms with Crippen LogP contribution in [-0.4, -0.2) is 48.0 Å². The zero-order chi connectivity index (χ0) is 25.6. The van der Waals surface area contributed by atoms with Crippen LogP contribution < -0.4 is 5.32 Å². The number of nitrogens with zero attached hydrogens (tertiary/aromatic N) is 2. The fourth-order valence-electron chi connectivity index (χ4n) is 3.95. The van der Waals surface area contributed by atoms with Crippen LogP contribution in [0.5, 0.6) is 0 Å². The first-order valence-electron chi connectivity index (χ1n) is 11.8. The number of ether oxygens (including phenoxy) is 2. The molecule has 0 spiro atoms. The number of hydrogen-bond donors (Lipinski definition) is 1. The fourth-order valence-corrected chi connectivity index (χ4v) is 3.95. The van der Waals surface area contributed by atoms with Crippen LogP contribution in [0.15, 0.2) is 24.3 Å². The Balaban J connectivity index is 1.73. The van der Waals surface area contributed by atoms with Crippen molar-refractivity contribution in [1.29, 1.82) is 0 Å². The summed E-state index contributed by atoms with van der Waals surface area (Å²) >= 11 is 0. The molecule has 0 saturated heterocycles. The summed E-state index contributed by atoms with van der Waals surface area (Å²) in [6.45, 7) is 7.89. The molecular weight excluding hydrogens is 463 g/mol. The molecule has 192 valence electrons. The van der Waals surface area contributed by atoms with E-state index in [-0.39, 0.29) is 18.1 Å². The molecule has 0 aliphatic carbocycles. The summed E-state index contributed by atoms with van der Waals surface area (Å²) in [7, 11) is 0. The van der Waals surface area contributed by atoms with E-state index >= 15 is 0 Å². The second-order valence-electron chi connectivity index (χ2n) is 9.42. The standard InChI is InChI=1S/C25H32F3N3O4/c1-4-19-21-20(7-5-13-34-14-6-12-29-22(21)32)31(30-19)15-24(2,3)16-35-23(33)17-8-10-18(11-9-17)25(26,27)28/h8-11H,4-7,12-16H2,1-3H3,(H,29,32). The molecular formula is C25H32F3N3O4. The Bertz CT molecular complexity index is 1030. The van der Waals surface area contributed by atoms with E-state index in [0.29, 0.717) is 44.7 Å². The predicted octanol–water partition coefficient (Wildman–Crippen LogP) is 4.43. The highest BCUT2D eigenvalue weighted by Gasteiger charge is 2.31. The van der Waals surface area contributed by atoms with Crippen LogP contribution in [0.4, 0.5) is 13.2 Å². The fraction of sp³-hybridized carbons (Fsp3) is 0.560. The average Bonchev–Trinajstić information content (AvgIpc) is 3.13. The lowest BCUT2D eigenvalue weighted by atomic mass is 9.94. The molecule has 3 rings (SSSR count). The van der Waals surface area contributed by atoms with E-state index < -0.39 is 23.1 Å². The summed E-state index contributed by atoms with van der Waals surface area (Å²) in [6, 6.07) is 3.93. The predicted molar refractivity (Wildman–Crippen MR) is 123 cm³/mol. The third-order valence-corrected chi connectivity index (χ3v) is 5.77. The third kappa shape index (κ3) is 7.06. The molecule has 7 nitrogen and oxygen atoms in total. The number of aromatic nitrogens is 2. The molecule has 0 fully saturated rings. The Morgan fingerprint density at radius 2 is 1.86 bits per heavy atom. The van der Waals surface area contributed by atoms with Crippen LogP contribution in [0.25, 0.3) is 0 Å². The largest absolute Gasteiger partial charge is 0.461 e. The van der Waals surface area contributed by atoms with Crippen molar-refractivity contribution in [2.45, 2.75) is 59.2 Å². The Kier molecular flexibility index (Phi) is 8.58. The van der Waals surface area contributed by atoms with Crippen LogP contribution in [0.3, 0.4) is 0 Å². The molecule has 1 amide bonds. The van der Waals surface area contributed by atoms with Crippen LogP contribution in [0.2, 0.25) is 0 Å². The van der Waals surface area contributed by atoms with Crippen molar-refractivity contribution in [1.82, 2.24) is 15.1 Å². The maximum Gasteiger partial charge on any atom is 0.416 e. The minimum atomic E-state index is -4.47. The second-order valence-corrected chi connectivity index (χ2v) is 9.42. The minimum Gasteiger partial charge on any atom is -0.461 e. The van der Waals surface area contributed by atoms with Gasteiger partial charge in [0.15, 0.2) is 0 Å². The summed E-state index contributed by atoms with van der Waals surface area (Å²) in [6.07, 6.45) is -1.75. The molecule has 1 aromatic heterocycles. The molecule has 0 unspecified atom stereocenters. The molecule has 35 heavy (non-hydrogen) atoms. The van der Waals surface area contributed by atoms with E-state index in [1.165, 1.54) is 0 Å². The Hall–Kier alpha value is -2.88. The number of aryl methyl sites for hydroxylation is 1. The topological polar surface area (TPSA) is 82.5 Å². The van der Waals surface area contributed by atoms with Gasteiger partial charge < -0.3 is 14.8 Å². The molecule has 10 heteroatoms. The van der Waals surface area contributed by atoms with Gasteiger partial charge in [-0.05, 0) is 49.9 Å². The quantitative estimate of drug-likeness (QED) is 0.600. The first-order chi connectivity index (χ1) is 16.5. The highest BCUT2D eigenvalue weighted by molar-refractivity contribution is 5.96. The van der Waals surface area contributed by atoms with Crippen molar-refractivity contribution >= 4 is 11.9 Å². The van der Waals surface area contributed by atoms with Gasteiger partial charge in [-0.25, -0.2) is 4.79 Å². The van der Waals surface area contributed by atoms with E-state index in [0.717, 1.165) is 48.5 Å². The monoisotopic (exact) mass is 495 g/mol. The summed E-state index contributed by atoms with van der Waals surface area (Å²) in [5.74, 6) is -0.839. The van der Waals surface area contributed by atoms with Gasteiger partial charge >= 0.3 is 12.1 Å². The van der Waals surface area contributed by atoms with Crippen LogP contribution in [-0.2, 0) is 35.0 Å². The molecule has 1 aromatic carbocycles. The molecule has 0 atom stereocenters. The summed E-state index contributed by atoms with van der Waals surface area (Å²) in [5, 5.41) is 7.65. The zero-order valence-corrected chi connectivity index (χ0v) is 20.3. The van der Waals surface area contributed by atoms with Crippen LogP contribution in [0, 0.1) is 5.41 Å². The van der Waals surface area contributed by atoms with Crippen molar-refractivity contribution < 1.29 is 32.2 Å². The number of amides is 1. The van der Waals surface area contributed by atoms with E-state index in [1.54, 1.807) is 0 Å². The summed E-state index contributed by atoms with van der Waals surface area (Å²) in [4.78, 5) is 25.3. The van der Waals surface area contributed by atoms with Gasteiger partial charge in [-0.2, -0.15) is 18.3 Å². The zero-order valence-electron chi connectivity index (χ0n) is 20.3. The smallest absolute Gasteiger partial charge is 0.416 e. The van der Waals surface area contributed by atoms with Gasteiger partial charge in [0.2, 0.25) is 0 Å². The Morgan fingerprint density at radius 1 is 1.17 bits per heavy atom. The number of esters is 1. The second kappa shape index (κ2) is 11.2. The number of nitrogens with one attached hydrogen (secondary N) is 1. The molecule has 0 radical (unpaired) electrons.